The zero-order valence-electron chi connectivity index (χ0n) is 14.5. The Morgan fingerprint density at radius 3 is 2.93 bits per heavy atom. The first-order valence-electron chi connectivity index (χ1n) is 8.12. The van der Waals surface area contributed by atoms with E-state index in [0.29, 0.717) is 37.4 Å². The number of hydrogen-bond acceptors (Lipinski definition) is 7. The molecule has 1 aromatic carbocycles. The number of para-hydroxylation sites is 2. The predicted octanol–water partition coefficient (Wildman–Crippen LogP) is 3.58. The van der Waals surface area contributed by atoms with Crippen LogP contribution >= 0.6 is 24.0 Å². The Morgan fingerprint density at radius 2 is 2.18 bits per heavy atom. The fourth-order valence-electron chi connectivity index (χ4n) is 2.70. The van der Waals surface area contributed by atoms with Gasteiger partial charge in [-0.3, -0.25) is 14.6 Å². The average molecular weight is 411 g/mol. The third kappa shape index (κ3) is 3.49. The van der Waals surface area contributed by atoms with Gasteiger partial charge < -0.3 is 19.8 Å². The summed E-state index contributed by atoms with van der Waals surface area (Å²) < 4.78 is 11.5. The first-order valence-corrected chi connectivity index (χ1v) is 9.34. The predicted molar refractivity (Wildman–Crippen MR) is 111 cm³/mol. The van der Waals surface area contributed by atoms with Gasteiger partial charge in [0.15, 0.2) is 5.58 Å². The Labute approximate surface area is 169 Å². The van der Waals surface area contributed by atoms with Crippen molar-refractivity contribution in [2.24, 2.45) is 0 Å². The summed E-state index contributed by atoms with van der Waals surface area (Å²) in [7, 11) is 1.53. The molecule has 1 saturated heterocycles. The van der Waals surface area contributed by atoms with Gasteiger partial charge in [-0.15, -0.1) is 0 Å². The molecule has 0 aliphatic carbocycles. The van der Waals surface area contributed by atoms with Gasteiger partial charge in [0.1, 0.15) is 21.4 Å². The van der Waals surface area contributed by atoms with Crippen LogP contribution in [0.25, 0.3) is 17.0 Å². The molecule has 3 heterocycles. The monoisotopic (exact) mass is 411 g/mol. The number of nitrogens with zero attached hydrogens (tertiary/aromatic N) is 1. The summed E-state index contributed by atoms with van der Waals surface area (Å²) in [6.45, 7) is 0. The highest BCUT2D eigenvalue weighted by Crippen LogP contribution is 2.30. The summed E-state index contributed by atoms with van der Waals surface area (Å²) in [5, 5.41) is 5.99. The average Bonchev–Trinajstić information content (AvgIpc) is 3.23. The molecule has 0 saturated carbocycles. The second kappa shape index (κ2) is 7.45. The lowest BCUT2D eigenvalue weighted by molar-refractivity contribution is -0.115. The third-order valence-electron chi connectivity index (χ3n) is 3.96. The second-order valence-corrected chi connectivity index (χ2v) is 7.48. The number of thiocarbonyl (C=S) groups is 1. The van der Waals surface area contributed by atoms with Crippen LogP contribution in [0.15, 0.2) is 52.0 Å². The van der Waals surface area contributed by atoms with Crippen molar-refractivity contribution in [1.29, 1.82) is 0 Å². The number of anilines is 1. The van der Waals surface area contributed by atoms with Crippen molar-refractivity contribution in [3.05, 3.63) is 59.0 Å². The van der Waals surface area contributed by atoms with Gasteiger partial charge in [0.2, 0.25) is 0 Å². The van der Waals surface area contributed by atoms with Gasteiger partial charge in [0.05, 0.1) is 17.7 Å². The minimum Gasteiger partial charge on any atom is -0.495 e. The van der Waals surface area contributed by atoms with Crippen LogP contribution in [0.5, 0.6) is 5.75 Å². The van der Waals surface area contributed by atoms with Crippen molar-refractivity contribution < 1.29 is 18.7 Å². The number of rotatable bonds is 4. The molecule has 0 spiro atoms. The van der Waals surface area contributed by atoms with Crippen LogP contribution in [0.4, 0.5) is 5.69 Å². The van der Waals surface area contributed by atoms with Crippen molar-refractivity contribution in [2.75, 3.05) is 12.4 Å². The van der Waals surface area contributed by atoms with E-state index in [2.05, 4.69) is 15.6 Å². The molecule has 1 aliphatic heterocycles. The summed E-state index contributed by atoms with van der Waals surface area (Å²) in [6.07, 6.45) is 4.61. The van der Waals surface area contributed by atoms with E-state index >= 15 is 0 Å². The number of amides is 2. The number of thioether (sulfide) groups is 1. The van der Waals surface area contributed by atoms with E-state index in [1.54, 1.807) is 36.5 Å². The van der Waals surface area contributed by atoms with Gasteiger partial charge in [-0.25, -0.2) is 0 Å². The maximum atomic E-state index is 12.8. The first-order chi connectivity index (χ1) is 13.5. The van der Waals surface area contributed by atoms with Gasteiger partial charge in [-0.2, -0.15) is 0 Å². The Kier molecular flexibility index (Phi) is 4.84. The van der Waals surface area contributed by atoms with Crippen LogP contribution in [0, 0.1) is 0 Å². The van der Waals surface area contributed by atoms with E-state index in [9.17, 15) is 9.59 Å². The highest BCUT2D eigenvalue weighted by molar-refractivity contribution is 8.26. The van der Waals surface area contributed by atoms with Crippen molar-refractivity contribution in [1.82, 2.24) is 10.3 Å². The molecule has 7 nitrogen and oxygen atoms in total. The van der Waals surface area contributed by atoms with Crippen LogP contribution in [0.1, 0.15) is 16.1 Å². The number of nitrogens with one attached hydrogen (secondary N) is 2. The van der Waals surface area contributed by atoms with Crippen molar-refractivity contribution in [3.8, 4) is 5.75 Å². The van der Waals surface area contributed by atoms with E-state index in [4.69, 9.17) is 21.4 Å². The topological polar surface area (TPSA) is 93.5 Å². The Balaban J connectivity index is 1.67. The zero-order chi connectivity index (χ0) is 19.7. The number of methoxy groups -OCH3 is 1. The smallest absolute Gasteiger partial charge is 0.263 e. The number of pyridine rings is 1. The lowest BCUT2D eigenvalue weighted by Gasteiger charge is -2.09. The lowest BCUT2D eigenvalue weighted by Crippen LogP contribution is -2.17. The summed E-state index contributed by atoms with van der Waals surface area (Å²) in [6, 6.07) is 8.81. The SMILES string of the molecule is COc1ccccc1NC(=O)c1cncc2cc(C=C3SC(=S)NC3=O)oc12. The van der Waals surface area contributed by atoms with Crippen LogP contribution in [0.2, 0.25) is 0 Å². The molecule has 2 aromatic heterocycles. The van der Waals surface area contributed by atoms with Crippen LogP contribution < -0.4 is 15.4 Å². The molecule has 0 radical (unpaired) electrons. The normalized spacial score (nSPS) is 15.1. The summed E-state index contributed by atoms with van der Waals surface area (Å²) in [5.74, 6) is 0.311. The van der Waals surface area contributed by atoms with Crippen LogP contribution in [0.3, 0.4) is 0 Å². The fraction of sp³-hybridized carbons (Fsp3) is 0.0526. The van der Waals surface area contributed by atoms with Gasteiger partial charge in [0, 0.05) is 23.9 Å². The molecule has 9 heteroatoms. The minimum absolute atomic E-state index is 0.270. The maximum absolute atomic E-state index is 12.8. The molecule has 0 unspecified atom stereocenters. The van der Waals surface area contributed by atoms with Crippen molar-refractivity contribution >= 4 is 62.8 Å². The van der Waals surface area contributed by atoms with Crippen LogP contribution in [-0.4, -0.2) is 28.2 Å². The Hall–Kier alpha value is -3.17. The molecule has 0 atom stereocenters. The number of ether oxygens (including phenoxy) is 1. The summed E-state index contributed by atoms with van der Waals surface area (Å²) in [4.78, 5) is 29.1. The zero-order valence-corrected chi connectivity index (χ0v) is 16.1. The molecule has 4 rings (SSSR count). The molecule has 2 amide bonds. The van der Waals surface area contributed by atoms with E-state index in [-0.39, 0.29) is 17.4 Å². The molecular weight excluding hydrogens is 398 g/mol. The van der Waals surface area contributed by atoms with E-state index in [0.717, 1.165) is 11.8 Å². The molecule has 1 fully saturated rings. The number of hydrogen-bond donors (Lipinski definition) is 2. The quantitative estimate of drug-likeness (QED) is 0.501. The van der Waals surface area contributed by atoms with Crippen LogP contribution in [-0.2, 0) is 4.79 Å². The maximum Gasteiger partial charge on any atom is 0.263 e. The second-order valence-electron chi connectivity index (χ2n) is 5.76. The number of aromatic nitrogens is 1. The number of carbonyl (C=O) groups is 2. The standard InChI is InChI=1S/C19H13N3O4S2/c1-25-14-5-3-2-4-13(14)21-17(23)12-9-20-8-10-6-11(26-16(10)12)7-15-18(24)22-19(27)28-15/h2-9H,1H3,(H,21,23)(H,22,24,27). The van der Waals surface area contributed by atoms with Crippen molar-refractivity contribution in [2.45, 2.75) is 0 Å². The molecule has 2 N–H and O–H groups in total. The molecule has 28 heavy (non-hydrogen) atoms. The van der Waals surface area contributed by atoms with Crippen molar-refractivity contribution in [3.63, 3.8) is 0 Å². The molecule has 140 valence electrons. The first kappa shape index (κ1) is 18.2. The number of benzene rings is 1. The van der Waals surface area contributed by atoms with Gasteiger partial charge in [-0.05, 0) is 18.2 Å². The molecule has 3 aromatic rings. The van der Waals surface area contributed by atoms with E-state index in [1.165, 1.54) is 13.3 Å². The van der Waals surface area contributed by atoms with Gasteiger partial charge >= 0.3 is 0 Å². The van der Waals surface area contributed by atoms with E-state index in [1.807, 2.05) is 6.07 Å². The number of furan rings is 1. The largest absolute Gasteiger partial charge is 0.495 e. The Morgan fingerprint density at radius 1 is 1.36 bits per heavy atom. The highest BCUT2D eigenvalue weighted by atomic mass is 32.2. The third-order valence-corrected chi connectivity index (χ3v) is 5.12. The lowest BCUT2D eigenvalue weighted by atomic mass is 10.2. The molecular formula is C19H13N3O4S2. The molecule has 0 bridgehead atoms. The summed E-state index contributed by atoms with van der Waals surface area (Å²) >= 11 is 6.14. The Bertz CT molecular complexity index is 1150. The van der Waals surface area contributed by atoms with Gasteiger partial charge in [-0.1, -0.05) is 36.1 Å². The summed E-state index contributed by atoms with van der Waals surface area (Å²) in [5.41, 5.74) is 1.18. The molecule has 1 aliphatic rings. The highest BCUT2D eigenvalue weighted by Gasteiger charge is 2.23. The minimum atomic E-state index is -0.384. The van der Waals surface area contributed by atoms with Gasteiger partial charge in [0.25, 0.3) is 11.8 Å². The van der Waals surface area contributed by atoms with E-state index < -0.39 is 0 Å². The number of carbonyl (C=O) groups excluding carboxylic acids is 2. The number of fused-ring (bicyclic) bond motifs is 1. The fourth-order valence-corrected chi connectivity index (χ4v) is 3.73.